The maximum atomic E-state index is 5.19. The molecular formula is C15H34N2O2. The first-order valence-corrected chi connectivity index (χ1v) is 7.54. The Morgan fingerprint density at radius 3 is 2.26 bits per heavy atom. The van der Waals surface area contributed by atoms with Crippen molar-refractivity contribution in [2.24, 2.45) is 5.92 Å². The number of nitrogens with zero attached hydrogens (tertiary/aromatic N) is 1. The molecule has 116 valence electrons. The molecule has 0 aromatic rings. The number of methoxy groups -OCH3 is 2. The van der Waals surface area contributed by atoms with E-state index in [0.29, 0.717) is 6.04 Å². The number of nitrogens with one attached hydrogen (secondary N) is 1. The third-order valence-corrected chi connectivity index (χ3v) is 3.34. The van der Waals surface area contributed by atoms with Crippen LogP contribution in [0.25, 0.3) is 0 Å². The monoisotopic (exact) mass is 274 g/mol. The quantitative estimate of drug-likeness (QED) is 0.521. The number of hydrogen-bond donors (Lipinski definition) is 1. The van der Waals surface area contributed by atoms with Crippen molar-refractivity contribution in [1.82, 2.24) is 10.2 Å². The van der Waals surface area contributed by atoms with Crippen LogP contribution in [0.5, 0.6) is 0 Å². The van der Waals surface area contributed by atoms with Gasteiger partial charge in [0.25, 0.3) is 0 Å². The first-order valence-electron chi connectivity index (χ1n) is 7.54. The van der Waals surface area contributed by atoms with Gasteiger partial charge in [0.15, 0.2) is 0 Å². The highest BCUT2D eigenvalue weighted by atomic mass is 16.5. The molecule has 0 rings (SSSR count). The molecule has 19 heavy (non-hydrogen) atoms. The minimum Gasteiger partial charge on any atom is -0.385 e. The van der Waals surface area contributed by atoms with Gasteiger partial charge in [0.1, 0.15) is 0 Å². The van der Waals surface area contributed by atoms with Crippen LogP contribution < -0.4 is 5.32 Å². The zero-order chi connectivity index (χ0) is 14.5. The van der Waals surface area contributed by atoms with Crippen LogP contribution in [0.1, 0.15) is 33.6 Å². The third-order valence-electron chi connectivity index (χ3n) is 3.34. The summed E-state index contributed by atoms with van der Waals surface area (Å²) in [6.45, 7) is 12.7. The smallest absolute Gasteiger partial charge is 0.0589 e. The van der Waals surface area contributed by atoms with E-state index in [4.69, 9.17) is 9.47 Å². The van der Waals surface area contributed by atoms with Crippen molar-refractivity contribution < 1.29 is 9.47 Å². The lowest BCUT2D eigenvalue weighted by Gasteiger charge is -2.29. The highest BCUT2D eigenvalue weighted by molar-refractivity contribution is 4.70. The molecule has 0 radical (unpaired) electrons. The Labute approximate surface area is 119 Å². The van der Waals surface area contributed by atoms with Gasteiger partial charge in [-0.05, 0) is 32.2 Å². The Bertz CT molecular complexity index is 189. The Balaban J connectivity index is 3.88. The molecule has 0 aromatic carbocycles. The predicted molar refractivity (Wildman–Crippen MR) is 81.7 cm³/mol. The van der Waals surface area contributed by atoms with Crippen LogP contribution in [-0.4, -0.2) is 64.6 Å². The van der Waals surface area contributed by atoms with Gasteiger partial charge in [0, 0.05) is 46.5 Å². The number of hydrogen-bond acceptors (Lipinski definition) is 4. The third kappa shape index (κ3) is 11.4. The molecule has 4 heteroatoms. The molecule has 1 N–H and O–H groups in total. The zero-order valence-electron chi connectivity index (χ0n) is 13.6. The molecule has 1 atom stereocenters. The summed E-state index contributed by atoms with van der Waals surface area (Å²) in [6, 6.07) is 0.541. The summed E-state index contributed by atoms with van der Waals surface area (Å²) in [5, 5.41) is 3.55. The lowest BCUT2D eigenvalue weighted by atomic mass is 10.1. The van der Waals surface area contributed by atoms with Crippen LogP contribution in [0.4, 0.5) is 0 Å². The summed E-state index contributed by atoms with van der Waals surface area (Å²) < 4.78 is 10.3. The second-order valence-electron chi connectivity index (χ2n) is 5.61. The van der Waals surface area contributed by atoms with Crippen molar-refractivity contribution in [1.29, 1.82) is 0 Å². The average molecular weight is 274 g/mol. The molecule has 4 nitrogen and oxygen atoms in total. The summed E-state index contributed by atoms with van der Waals surface area (Å²) in [7, 11) is 3.52. The van der Waals surface area contributed by atoms with Gasteiger partial charge in [-0.1, -0.05) is 13.8 Å². The van der Waals surface area contributed by atoms with Crippen molar-refractivity contribution >= 4 is 0 Å². The molecule has 1 unspecified atom stereocenters. The molecule has 0 aliphatic carbocycles. The Kier molecular flexibility index (Phi) is 12.7. The van der Waals surface area contributed by atoms with E-state index in [1.807, 2.05) is 0 Å². The van der Waals surface area contributed by atoms with Crippen LogP contribution in [0, 0.1) is 5.92 Å². The van der Waals surface area contributed by atoms with E-state index in [0.717, 1.165) is 51.7 Å². The Hall–Kier alpha value is -0.160. The molecule has 0 aromatic heterocycles. The zero-order valence-corrected chi connectivity index (χ0v) is 13.6. The van der Waals surface area contributed by atoms with Gasteiger partial charge in [-0.15, -0.1) is 0 Å². The molecule has 0 amide bonds. The largest absolute Gasteiger partial charge is 0.385 e. The van der Waals surface area contributed by atoms with Crippen molar-refractivity contribution in [3.63, 3.8) is 0 Å². The van der Waals surface area contributed by atoms with Gasteiger partial charge in [0.2, 0.25) is 0 Å². The summed E-state index contributed by atoms with van der Waals surface area (Å²) >= 11 is 0. The summed E-state index contributed by atoms with van der Waals surface area (Å²) in [5.74, 6) is 0.772. The molecule has 0 fully saturated rings. The summed E-state index contributed by atoms with van der Waals surface area (Å²) in [6.07, 6.45) is 2.32. The van der Waals surface area contributed by atoms with Gasteiger partial charge in [-0.2, -0.15) is 0 Å². The van der Waals surface area contributed by atoms with Crippen LogP contribution >= 0.6 is 0 Å². The molecule has 0 bridgehead atoms. The normalized spacial score (nSPS) is 13.4. The van der Waals surface area contributed by atoms with E-state index >= 15 is 0 Å². The van der Waals surface area contributed by atoms with Crippen LogP contribution in [0.15, 0.2) is 0 Å². The summed E-state index contributed by atoms with van der Waals surface area (Å²) in [4.78, 5) is 2.48. The predicted octanol–water partition coefficient (Wildman–Crippen LogP) is 2.00. The lowest BCUT2D eigenvalue weighted by molar-refractivity contribution is 0.110. The Morgan fingerprint density at radius 2 is 1.68 bits per heavy atom. The topological polar surface area (TPSA) is 33.7 Å². The SMILES string of the molecule is COCCCN(CCOC)C(C)CNCCC(C)C. The fourth-order valence-electron chi connectivity index (χ4n) is 2.00. The fraction of sp³-hybridized carbons (Fsp3) is 1.00. The highest BCUT2D eigenvalue weighted by Crippen LogP contribution is 2.01. The molecule has 0 spiro atoms. The molecule has 0 saturated carbocycles. The first-order chi connectivity index (χ1) is 9.11. The lowest BCUT2D eigenvalue weighted by Crippen LogP contribution is -2.43. The van der Waals surface area contributed by atoms with Gasteiger partial charge in [-0.25, -0.2) is 0 Å². The van der Waals surface area contributed by atoms with Crippen LogP contribution in [0.3, 0.4) is 0 Å². The van der Waals surface area contributed by atoms with Crippen molar-refractivity contribution in [3.05, 3.63) is 0 Å². The maximum Gasteiger partial charge on any atom is 0.0589 e. The van der Waals surface area contributed by atoms with E-state index in [1.165, 1.54) is 6.42 Å². The van der Waals surface area contributed by atoms with Crippen LogP contribution in [-0.2, 0) is 9.47 Å². The maximum absolute atomic E-state index is 5.19. The molecule has 0 heterocycles. The Morgan fingerprint density at radius 1 is 1.00 bits per heavy atom. The minimum absolute atomic E-state index is 0.541. The van der Waals surface area contributed by atoms with Crippen LogP contribution in [0.2, 0.25) is 0 Å². The van der Waals surface area contributed by atoms with Gasteiger partial charge in [-0.3, -0.25) is 4.90 Å². The average Bonchev–Trinajstić information content (AvgIpc) is 2.38. The van der Waals surface area contributed by atoms with Gasteiger partial charge < -0.3 is 14.8 Å². The van der Waals surface area contributed by atoms with E-state index in [1.54, 1.807) is 14.2 Å². The number of rotatable bonds is 13. The van der Waals surface area contributed by atoms with E-state index in [9.17, 15) is 0 Å². The fourth-order valence-corrected chi connectivity index (χ4v) is 2.00. The molecular weight excluding hydrogens is 240 g/mol. The van der Waals surface area contributed by atoms with Gasteiger partial charge >= 0.3 is 0 Å². The highest BCUT2D eigenvalue weighted by Gasteiger charge is 2.12. The van der Waals surface area contributed by atoms with Crippen molar-refractivity contribution in [2.45, 2.75) is 39.7 Å². The van der Waals surface area contributed by atoms with Gasteiger partial charge in [0.05, 0.1) is 6.61 Å². The van der Waals surface area contributed by atoms with E-state index < -0.39 is 0 Å². The van der Waals surface area contributed by atoms with Crippen molar-refractivity contribution in [2.75, 3.05) is 53.6 Å². The van der Waals surface area contributed by atoms with E-state index in [-0.39, 0.29) is 0 Å². The molecule has 0 aliphatic heterocycles. The van der Waals surface area contributed by atoms with E-state index in [2.05, 4.69) is 31.0 Å². The standard InChI is InChI=1S/C15H34N2O2/c1-14(2)7-8-16-13-15(3)17(10-12-19-5)9-6-11-18-4/h14-16H,6-13H2,1-5H3. The minimum atomic E-state index is 0.541. The molecule has 0 saturated heterocycles. The summed E-state index contributed by atoms with van der Waals surface area (Å²) in [5.41, 5.74) is 0. The van der Waals surface area contributed by atoms with Crippen molar-refractivity contribution in [3.8, 4) is 0 Å². The second-order valence-corrected chi connectivity index (χ2v) is 5.61. The second kappa shape index (κ2) is 12.9. The molecule has 0 aliphatic rings. The number of ether oxygens (including phenoxy) is 2. The first kappa shape index (κ1) is 18.8.